The van der Waals surface area contributed by atoms with Gasteiger partial charge in [-0.3, -0.25) is 4.79 Å². The lowest BCUT2D eigenvalue weighted by Crippen LogP contribution is -2.41. The van der Waals surface area contributed by atoms with Crippen molar-refractivity contribution in [3.8, 4) is 0 Å². The van der Waals surface area contributed by atoms with Crippen molar-refractivity contribution in [3.05, 3.63) is 35.4 Å². The summed E-state index contributed by atoms with van der Waals surface area (Å²) in [6.45, 7) is -1.55. The SMILES string of the molecule is O=C(Cc1ccc(F)cc1F)N(CCBr)CC(F)(F)F. The van der Waals surface area contributed by atoms with Gasteiger partial charge in [-0.2, -0.15) is 13.2 Å². The lowest BCUT2D eigenvalue weighted by molar-refractivity contribution is -0.160. The first-order chi connectivity index (χ1) is 9.23. The minimum atomic E-state index is -4.53. The number of carbonyl (C=O) groups excluding carboxylic acids is 1. The fourth-order valence-electron chi connectivity index (χ4n) is 1.55. The minimum absolute atomic E-state index is 0.141. The Morgan fingerprint density at radius 1 is 1.25 bits per heavy atom. The lowest BCUT2D eigenvalue weighted by Gasteiger charge is -2.23. The molecule has 0 fully saturated rings. The summed E-state index contributed by atoms with van der Waals surface area (Å²) in [5.41, 5.74) is -0.141. The van der Waals surface area contributed by atoms with Gasteiger partial charge >= 0.3 is 6.18 Å². The van der Waals surface area contributed by atoms with Crippen molar-refractivity contribution in [2.75, 3.05) is 18.4 Å². The van der Waals surface area contributed by atoms with Crippen LogP contribution in [-0.4, -0.2) is 35.4 Å². The van der Waals surface area contributed by atoms with Gasteiger partial charge < -0.3 is 4.90 Å². The second-order valence-electron chi connectivity index (χ2n) is 4.03. The van der Waals surface area contributed by atoms with Gasteiger partial charge in [0, 0.05) is 17.9 Å². The standard InChI is InChI=1S/C12H11BrF5NO/c13-3-4-19(7-12(16,17)18)11(20)5-8-1-2-9(14)6-10(8)15/h1-2,6H,3-5,7H2. The van der Waals surface area contributed by atoms with Crippen LogP contribution in [0.2, 0.25) is 0 Å². The number of alkyl halides is 4. The van der Waals surface area contributed by atoms with Crippen molar-refractivity contribution in [2.45, 2.75) is 12.6 Å². The molecule has 1 aromatic rings. The molecule has 0 spiro atoms. The van der Waals surface area contributed by atoms with E-state index < -0.39 is 36.7 Å². The highest BCUT2D eigenvalue weighted by molar-refractivity contribution is 9.09. The van der Waals surface area contributed by atoms with Crippen molar-refractivity contribution in [1.82, 2.24) is 4.90 Å². The molecule has 0 atom stereocenters. The van der Waals surface area contributed by atoms with Crippen molar-refractivity contribution in [1.29, 1.82) is 0 Å². The van der Waals surface area contributed by atoms with Gasteiger partial charge in [-0.25, -0.2) is 8.78 Å². The Balaban J connectivity index is 2.80. The Bertz CT molecular complexity index is 477. The molecule has 0 saturated carbocycles. The van der Waals surface area contributed by atoms with E-state index in [2.05, 4.69) is 15.9 Å². The molecule has 0 aliphatic heterocycles. The topological polar surface area (TPSA) is 20.3 Å². The largest absolute Gasteiger partial charge is 0.406 e. The molecule has 0 saturated heterocycles. The van der Waals surface area contributed by atoms with Gasteiger partial charge in [0.05, 0.1) is 6.42 Å². The second-order valence-corrected chi connectivity index (χ2v) is 4.82. The summed E-state index contributed by atoms with van der Waals surface area (Å²) in [4.78, 5) is 12.3. The van der Waals surface area contributed by atoms with Crippen LogP contribution in [0.15, 0.2) is 18.2 Å². The third kappa shape index (κ3) is 5.44. The van der Waals surface area contributed by atoms with Crippen molar-refractivity contribution in [2.24, 2.45) is 0 Å². The van der Waals surface area contributed by atoms with E-state index >= 15 is 0 Å². The van der Waals surface area contributed by atoms with Gasteiger partial charge in [0.2, 0.25) is 5.91 Å². The van der Waals surface area contributed by atoms with Crippen LogP contribution in [0.1, 0.15) is 5.56 Å². The first-order valence-corrected chi connectivity index (χ1v) is 6.69. The summed E-state index contributed by atoms with van der Waals surface area (Å²) < 4.78 is 63.0. The Morgan fingerprint density at radius 2 is 1.90 bits per heavy atom. The number of hydrogen-bond acceptors (Lipinski definition) is 1. The molecule has 0 bridgehead atoms. The van der Waals surface area contributed by atoms with E-state index in [1.54, 1.807) is 0 Å². The Hall–Kier alpha value is -1.18. The molecule has 0 aliphatic rings. The number of halogens is 6. The normalized spacial score (nSPS) is 11.5. The number of amides is 1. The van der Waals surface area contributed by atoms with Gasteiger partial charge in [-0.15, -0.1) is 0 Å². The molecule has 0 aromatic heterocycles. The van der Waals surface area contributed by atoms with E-state index in [-0.39, 0.29) is 17.4 Å². The van der Waals surface area contributed by atoms with Crippen molar-refractivity contribution < 1.29 is 26.7 Å². The summed E-state index contributed by atoms with van der Waals surface area (Å²) in [6.07, 6.45) is -5.08. The van der Waals surface area contributed by atoms with E-state index in [1.165, 1.54) is 0 Å². The minimum Gasteiger partial charge on any atom is -0.332 e. The average molecular weight is 360 g/mol. The van der Waals surface area contributed by atoms with Crippen molar-refractivity contribution >= 4 is 21.8 Å². The number of nitrogens with zero attached hydrogens (tertiary/aromatic N) is 1. The summed E-state index contributed by atoms with van der Waals surface area (Å²) >= 11 is 2.95. The summed E-state index contributed by atoms with van der Waals surface area (Å²) in [7, 11) is 0. The van der Waals surface area contributed by atoms with Crippen LogP contribution < -0.4 is 0 Å². The van der Waals surface area contributed by atoms with Crippen LogP contribution in [0.3, 0.4) is 0 Å². The molecule has 0 unspecified atom stereocenters. The highest BCUT2D eigenvalue weighted by atomic mass is 79.9. The average Bonchev–Trinajstić information content (AvgIpc) is 2.30. The third-order valence-corrected chi connectivity index (χ3v) is 2.79. The lowest BCUT2D eigenvalue weighted by atomic mass is 10.1. The molecule has 1 aromatic carbocycles. The van der Waals surface area contributed by atoms with Crippen LogP contribution >= 0.6 is 15.9 Å². The molecular weight excluding hydrogens is 349 g/mol. The van der Waals surface area contributed by atoms with Crippen LogP contribution in [0.25, 0.3) is 0 Å². The van der Waals surface area contributed by atoms with E-state index in [0.717, 1.165) is 12.1 Å². The van der Waals surface area contributed by atoms with Gasteiger partial charge in [-0.1, -0.05) is 22.0 Å². The molecule has 1 rings (SSSR count). The Labute approximate surface area is 120 Å². The second kappa shape index (κ2) is 7.01. The molecule has 0 heterocycles. The van der Waals surface area contributed by atoms with Gasteiger partial charge in [0.15, 0.2) is 0 Å². The summed E-state index contributed by atoms with van der Waals surface area (Å²) in [6, 6.07) is 2.58. The Morgan fingerprint density at radius 3 is 2.40 bits per heavy atom. The van der Waals surface area contributed by atoms with Crippen LogP contribution in [0.5, 0.6) is 0 Å². The zero-order valence-electron chi connectivity index (χ0n) is 10.2. The maximum atomic E-state index is 13.4. The molecule has 0 N–H and O–H groups in total. The molecule has 1 amide bonds. The molecule has 112 valence electrons. The highest BCUT2D eigenvalue weighted by Crippen LogP contribution is 2.18. The van der Waals surface area contributed by atoms with E-state index in [4.69, 9.17) is 0 Å². The van der Waals surface area contributed by atoms with Crippen molar-refractivity contribution in [3.63, 3.8) is 0 Å². The van der Waals surface area contributed by atoms with Crippen LogP contribution in [0.4, 0.5) is 22.0 Å². The molecule has 20 heavy (non-hydrogen) atoms. The van der Waals surface area contributed by atoms with Gasteiger partial charge in [0.25, 0.3) is 0 Å². The zero-order valence-corrected chi connectivity index (χ0v) is 11.8. The predicted octanol–water partition coefficient (Wildman–Crippen LogP) is 3.29. The first kappa shape index (κ1) is 16.9. The predicted molar refractivity (Wildman–Crippen MR) is 66.5 cm³/mol. The molecule has 8 heteroatoms. The number of benzene rings is 1. The number of carbonyl (C=O) groups is 1. The van der Waals surface area contributed by atoms with E-state index in [1.807, 2.05) is 0 Å². The van der Waals surface area contributed by atoms with Crippen LogP contribution in [0, 0.1) is 11.6 Å². The number of rotatable bonds is 5. The van der Waals surface area contributed by atoms with Gasteiger partial charge in [-0.05, 0) is 11.6 Å². The van der Waals surface area contributed by atoms with E-state index in [9.17, 15) is 26.7 Å². The van der Waals surface area contributed by atoms with Crippen LogP contribution in [-0.2, 0) is 11.2 Å². The fraction of sp³-hybridized carbons (Fsp3) is 0.417. The maximum Gasteiger partial charge on any atom is 0.406 e. The molecule has 2 nitrogen and oxygen atoms in total. The molecule has 0 aliphatic carbocycles. The summed E-state index contributed by atoms with van der Waals surface area (Å²) in [5, 5.41) is 0.167. The smallest absolute Gasteiger partial charge is 0.332 e. The summed E-state index contributed by atoms with van der Waals surface area (Å²) in [5.74, 6) is -2.64. The molecule has 0 radical (unpaired) electrons. The van der Waals surface area contributed by atoms with Gasteiger partial charge in [0.1, 0.15) is 18.2 Å². The number of hydrogen-bond donors (Lipinski definition) is 0. The van der Waals surface area contributed by atoms with E-state index in [0.29, 0.717) is 11.0 Å². The first-order valence-electron chi connectivity index (χ1n) is 5.57. The third-order valence-electron chi connectivity index (χ3n) is 2.43. The highest BCUT2D eigenvalue weighted by Gasteiger charge is 2.32. The monoisotopic (exact) mass is 359 g/mol. The maximum absolute atomic E-state index is 13.4. The quantitative estimate of drug-likeness (QED) is 0.583. The fourth-order valence-corrected chi connectivity index (χ4v) is 1.98. The molecular formula is C12H11BrF5NO. The zero-order chi connectivity index (χ0) is 15.3. The Kier molecular flexibility index (Phi) is 5.91.